The van der Waals surface area contributed by atoms with Gasteiger partial charge in [0.15, 0.2) is 0 Å². The van der Waals surface area contributed by atoms with Crippen LogP contribution in [0.2, 0.25) is 0 Å². The summed E-state index contributed by atoms with van der Waals surface area (Å²) in [6.45, 7) is 8.34. The molecule has 0 radical (unpaired) electrons. The average Bonchev–Trinajstić information content (AvgIpc) is 2.83. The van der Waals surface area contributed by atoms with Gasteiger partial charge in [-0.15, -0.1) is 0 Å². The molecule has 2 heterocycles. The van der Waals surface area contributed by atoms with Crippen molar-refractivity contribution >= 4 is 23.5 Å². The van der Waals surface area contributed by atoms with E-state index in [0.717, 1.165) is 22.8 Å². The van der Waals surface area contributed by atoms with E-state index >= 15 is 0 Å². The molecule has 0 bridgehead atoms. The third-order valence-electron chi connectivity index (χ3n) is 5.60. The van der Waals surface area contributed by atoms with Crippen molar-refractivity contribution < 1.29 is 9.31 Å². The summed E-state index contributed by atoms with van der Waals surface area (Å²) in [4.78, 5) is 4.59. The molecule has 0 unspecified atom stereocenters. The van der Waals surface area contributed by atoms with Gasteiger partial charge in [-0.25, -0.2) is 0 Å². The number of benzene rings is 2. The second-order valence-corrected chi connectivity index (χ2v) is 8.00. The average molecular weight is 345 g/mol. The first-order valence-corrected chi connectivity index (χ1v) is 9.13. The lowest BCUT2D eigenvalue weighted by Gasteiger charge is -2.32. The van der Waals surface area contributed by atoms with Crippen LogP contribution in [-0.4, -0.2) is 23.3 Å². The molecule has 0 aliphatic carbocycles. The van der Waals surface area contributed by atoms with E-state index in [1.807, 2.05) is 30.5 Å². The van der Waals surface area contributed by atoms with Crippen LogP contribution in [0.15, 0.2) is 60.8 Å². The number of aromatic nitrogens is 1. The highest BCUT2D eigenvalue weighted by Gasteiger charge is 2.52. The second-order valence-electron chi connectivity index (χ2n) is 8.00. The van der Waals surface area contributed by atoms with Crippen molar-refractivity contribution in [2.75, 3.05) is 0 Å². The zero-order valence-electron chi connectivity index (χ0n) is 15.8. The van der Waals surface area contributed by atoms with Gasteiger partial charge < -0.3 is 9.31 Å². The van der Waals surface area contributed by atoms with Crippen LogP contribution in [-0.2, 0) is 15.7 Å². The Morgan fingerprint density at radius 2 is 1.54 bits per heavy atom. The van der Waals surface area contributed by atoms with Crippen LogP contribution in [0.1, 0.15) is 38.8 Å². The van der Waals surface area contributed by atoms with Gasteiger partial charge in [0.2, 0.25) is 0 Å². The number of pyridine rings is 1. The molecule has 0 atom stereocenters. The minimum atomic E-state index is -0.343. The van der Waals surface area contributed by atoms with Gasteiger partial charge in [0, 0.05) is 11.6 Å². The molecule has 1 aromatic heterocycles. The van der Waals surface area contributed by atoms with Crippen molar-refractivity contribution in [1.82, 2.24) is 4.98 Å². The Balaban J connectivity index is 1.66. The Kier molecular flexibility index (Phi) is 4.13. The predicted molar refractivity (Wildman–Crippen MR) is 107 cm³/mol. The van der Waals surface area contributed by atoms with Gasteiger partial charge in [0.05, 0.1) is 16.7 Å². The van der Waals surface area contributed by atoms with Gasteiger partial charge in [-0.05, 0) is 62.8 Å². The normalized spacial score (nSPS) is 18.4. The minimum absolute atomic E-state index is 0.338. The third-order valence-corrected chi connectivity index (χ3v) is 5.60. The van der Waals surface area contributed by atoms with Crippen molar-refractivity contribution in [2.45, 2.75) is 45.3 Å². The smallest absolute Gasteiger partial charge is 0.399 e. The van der Waals surface area contributed by atoms with E-state index in [4.69, 9.17) is 9.31 Å². The molecule has 1 aliphatic heterocycles. The van der Waals surface area contributed by atoms with Gasteiger partial charge in [0.25, 0.3) is 0 Å². The van der Waals surface area contributed by atoms with Gasteiger partial charge in [0.1, 0.15) is 0 Å². The van der Waals surface area contributed by atoms with Crippen molar-refractivity contribution in [3.8, 4) is 0 Å². The molecule has 0 spiro atoms. The topological polar surface area (TPSA) is 31.4 Å². The van der Waals surface area contributed by atoms with Gasteiger partial charge in [-0.1, -0.05) is 42.5 Å². The van der Waals surface area contributed by atoms with Crippen molar-refractivity contribution in [1.29, 1.82) is 0 Å². The molecule has 0 amide bonds. The maximum Gasteiger partial charge on any atom is 0.495 e. The Morgan fingerprint density at radius 3 is 2.31 bits per heavy atom. The van der Waals surface area contributed by atoms with E-state index in [2.05, 4.69) is 63.0 Å². The fourth-order valence-corrected chi connectivity index (χ4v) is 3.33. The number of para-hydroxylation sites is 1. The van der Waals surface area contributed by atoms with Crippen LogP contribution in [0.5, 0.6) is 0 Å². The van der Waals surface area contributed by atoms with E-state index < -0.39 is 0 Å². The van der Waals surface area contributed by atoms with Crippen LogP contribution in [0, 0.1) is 0 Å². The molecule has 4 rings (SSSR count). The van der Waals surface area contributed by atoms with Crippen molar-refractivity contribution in [2.24, 2.45) is 0 Å². The van der Waals surface area contributed by atoms with E-state index in [1.54, 1.807) is 0 Å². The van der Waals surface area contributed by atoms with Crippen LogP contribution in [0.25, 0.3) is 10.9 Å². The maximum atomic E-state index is 6.26. The number of hydrogen-bond donors (Lipinski definition) is 0. The van der Waals surface area contributed by atoms with Crippen LogP contribution < -0.4 is 5.46 Å². The van der Waals surface area contributed by atoms with Crippen molar-refractivity contribution in [3.63, 3.8) is 0 Å². The lowest BCUT2D eigenvalue weighted by Crippen LogP contribution is -2.41. The lowest BCUT2D eigenvalue weighted by molar-refractivity contribution is 0.00578. The van der Waals surface area contributed by atoms with Crippen molar-refractivity contribution in [3.05, 3.63) is 71.9 Å². The van der Waals surface area contributed by atoms with Crippen LogP contribution in [0.4, 0.5) is 0 Å². The standard InChI is InChI=1S/C22H24BNO2/c1-21(2)22(3,4)26-23(25-21)19-11-7-5-9-17(19)13-16-14-18-10-6-8-12-20(18)24-15-16/h5-12,14-15H,13H2,1-4H3. The quantitative estimate of drug-likeness (QED) is 0.669. The molecule has 1 fully saturated rings. The molecule has 3 nitrogen and oxygen atoms in total. The van der Waals surface area contributed by atoms with Gasteiger partial charge in [-0.3, -0.25) is 4.98 Å². The molecule has 4 heteroatoms. The summed E-state index contributed by atoms with van der Waals surface area (Å²) in [6.07, 6.45) is 2.77. The molecule has 26 heavy (non-hydrogen) atoms. The third kappa shape index (κ3) is 3.04. The zero-order chi connectivity index (χ0) is 18.4. The largest absolute Gasteiger partial charge is 0.495 e. The molecule has 132 valence electrons. The minimum Gasteiger partial charge on any atom is -0.399 e. The number of rotatable bonds is 3. The van der Waals surface area contributed by atoms with Crippen LogP contribution in [0.3, 0.4) is 0 Å². The fraction of sp³-hybridized carbons (Fsp3) is 0.318. The summed E-state index contributed by atoms with van der Waals surface area (Å²) in [5.74, 6) is 0. The van der Waals surface area contributed by atoms with Crippen LogP contribution >= 0.6 is 0 Å². The first-order valence-electron chi connectivity index (χ1n) is 9.13. The first kappa shape index (κ1) is 17.3. The number of nitrogens with zero attached hydrogens (tertiary/aromatic N) is 1. The first-order chi connectivity index (χ1) is 12.4. The molecule has 0 saturated carbocycles. The summed E-state index contributed by atoms with van der Waals surface area (Å²) in [5, 5.41) is 1.16. The highest BCUT2D eigenvalue weighted by molar-refractivity contribution is 6.62. The molecular weight excluding hydrogens is 321 g/mol. The van der Waals surface area contributed by atoms with E-state index in [-0.39, 0.29) is 18.3 Å². The zero-order valence-corrected chi connectivity index (χ0v) is 15.8. The Bertz CT molecular complexity index is 936. The molecular formula is C22H24BNO2. The lowest BCUT2D eigenvalue weighted by atomic mass is 9.75. The highest BCUT2D eigenvalue weighted by atomic mass is 16.7. The Hall–Kier alpha value is -2.17. The number of fused-ring (bicyclic) bond motifs is 1. The monoisotopic (exact) mass is 345 g/mol. The van der Waals surface area contributed by atoms with E-state index in [1.165, 1.54) is 11.1 Å². The summed E-state index contributed by atoms with van der Waals surface area (Å²) in [6, 6.07) is 18.8. The number of hydrogen-bond acceptors (Lipinski definition) is 3. The van der Waals surface area contributed by atoms with E-state index in [0.29, 0.717) is 0 Å². The molecule has 3 aromatic rings. The molecule has 1 saturated heterocycles. The SMILES string of the molecule is CC1(C)OB(c2ccccc2Cc2cnc3ccccc3c2)OC1(C)C. The summed E-state index contributed by atoms with van der Waals surface area (Å²) in [7, 11) is -0.343. The highest BCUT2D eigenvalue weighted by Crippen LogP contribution is 2.36. The van der Waals surface area contributed by atoms with Gasteiger partial charge in [-0.2, -0.15) is 0 Å². The second kappa shape index (κ2) is 6.22. The molecule has 1 aliphatic rings. The molecule has 2 aromatic carbocycles. The fourth-order valence-electron chi connectivity index (χ4n) is 3.33. The maximum absolute atomic E-state index is 6.26. The Morgan fingerprint density at radius 1 is 0.885 bits per heavy atom. The summed E-state index contributed by atoms with van der Waals surface area (Å²) in [5.41, 5.74) is 3.84. The summed E-state index contributed by atoms with van der Waals surface area (Å²) < 4.78 is 12.5. The van der Waals surface area contributed by atoms with Gasteiger partial charge >= 0.3 is 7.12 Å². The summed E-state index contributed by atoms with van der Waals surface area (Å²) >= 11 is 0. The predicted octanol–water partition coefficient (Wildman–Crippen LogP) is 4.12. The Labute approximate surface area is 155 Å². The molecule has 0 N–H and O–H groups in total. The van der Waals surface area contributed by atoms with E-state index in [9.17, 15) is 0 Å².